The molecule has 0 saturated heterocycles. The molecule has 0 aliphatic carbocycles. The molecule has 0 radical (unpaired) electrons. The summed E-state index contributed by atoms with van der Waals surface area (Å²) in [5, 5.41) is 0. The summed E-state index contributed by atoms with van der Waals surface area (Å²) in [7, 11) is -6.65. The standard InChI is InChI=1S/C11H26O5SSi/c1-7-9(2)11(12)16-10(8-18(4,5)6)17(3,13,14)15/h9-10H,7-8H2,1-6H3,(H2,13,14,15). The van der Waals surface area contributed by atoms with E-state index in [2.05, 4.69) is 0 Å². The predicted molar refractivity (Wildman–Crippen MR) is 76.8 cm³/mol. The molecule has 5 nitrogen and oxygen atoms in total. The van der Waals surface area contributed by atoms with Gasteiger partial charge < -0.3 is 13.8 Å². The summed E-state index contributed by atoms with van der Waals surface area (Å²) in [5.41, 5.74) is -1.34. The lowest BCUT2D eigenvalue weighted by atomic mass is 10.1. The van der Waals surface area contributed by atoms with Crippen LogP contribution in [-0.2, 0) is 19.2 Å². The molecule has 0 rings (SSSR count). The van der Waals surface area contributed by atoms with Gasteiger partial charge in [0.25, 0.3) is 0 Å². The van der Waals surface area contributed by atoms with E-state index < -0.39 is 29.1 Å². The summed E-state index contributed by atoms with van der Waals surface area (Å²) in [5.74, 6) is -0.881. The number of carbonyl (C=O) groups is 1. The van der Waals surface area contributed by atoms with Crippen molar-refractivity contribution in [2.75, 3.05) is 6.26 Å². The van der Waals surface area contributed by atoms with Gasteiger partial charge in [0, 0.05) is 14.3 Å². The average molecular weight is 298 g/mol. The Bertz CT molecular complexity index is 357. The fourth-order valence-corrected chi connectivity index (χ4v) is 5.69. The van der Waals surface area contributed by atoms with Crippen molar-refractivity contribution < 1.29 is 22.8 Å². The van der Waals surface area contributed by atoms with E-state index in [0.29, 0.717) is 6.42 Å². The molecular formula is C11H26O5SSi. The van der Waals surface area contributed by atoms with Crippen LogP contribution in [-0.4, -0.2) is 39.0 Å². The molecule has 0 spiro atoms. The molecular weight excluding hydrogens is 272 g/mol. The first-order valence-corrected chi connectivity index (χ1v) is 12.1. The quantitative estimate of drug-likeness (QED) is 0.582. The van der Waals surface area contributed by atoms with Gasteiger partial charge in [-0.05, 0) is 12.5 Å². The SMILES string of the molecule is CCC(C)C(=O)OC(C[Si](C)(C)C)S(C)(=O)(O)O. The lowest BCUT2D eigenvalue weighted by Crippen LogP contribution is -2.49. The maximum Gasteiger partial charge on any atom is 0.309 e. The van der Waals surface area contributed by atoms with Crippen LogP contribution in [0.5, 0.6) is 0 Å². The minimum Gasteiger partial charge on any atom is -0.446 e. The zero-order valence-electron chi connectivity index (χ0n) is 12.1. The first-order chi connectivity index (χ1) is 7.73. The maximum absolute atomic E-state index is 11.9. The van der Waals surface area contributed by atoms with Gasteiger partial charge in [-0.3, -0.25) is 4.79 Å². The van der Waals surface area contributed by atoms with Gasteiger partial charge >= 0.3 is 5.97 Å². The minimum atomic E-state index is -4.89. The zero-order valence-corrected chi connectivity index (χ0v) is 13.9. The maximum atomic E-state index is 11.9. The van der Waals surface area contributed by atoms with Crippen LogP contribution in [0.2, 0.25) is 25.7 Å². The molecule has 0 aliphatic heterocycles. The van der Waals surface area contributed by atoms with E-state index >= 15 is 0 Å². The number of hydrogen-bond donors (Lipinski definition) is 2. The van der Waals surface area contributed by atoms with E-state index in [1.54, 1.807) is 6.92 Å². The van der Waals surface area contributed by atoms with E-state index in [1.807, 2.05) is 26.6 Å². The van der Waals surface area contributed by atoms with Crippen molar-refractivity contribution in [2.45, 2.75) is 51.4 Å². The van der Waals surface area contributed by atoms with Gasteiger partial charge in [-0.25, -0.2) is 4.21 Å². The molecule has 2 unspecified atom stereocenters. The minimum absolute atomic E-state index is 0.254. The molecule has 0 heterocycles. The highest BCUT2D eigenvalue weighted by Gasteiger charge is 2.41. The number of rotatable bonds is 6. The Morgan fingerprint density at radius 2 is 1.78 bits per heavy atom. The third kappa shape index (κ3) is 6.63. The molecule has 0 aromatic heterocycles. The number of esters is 1. The molecule has 0 aliphatic rings. The number of carbonyl (C=O) groups excluding carboxylic acids is 1. The van der Waals surface area contributed by atoms with Crippen molar-refractivity contribution in [1.82, 2.24) is 0 Å². The predicted octanol–water partition coefficient (Wildman–Crippen LogP) is 2.64. The van der Waals surface area contributed by atoms with E-state index in [9.17, 15) is 18.1 Å². The Balaban J connectivity index is 5.04. The van der Waals surface area contributed by atoms with Crippen molar-refractivity contribution in [3.63, 3.8) is 0 Å². The average Bonchev–Trinajstić information content (AvgIpc) is 2.10. The van der Waals surface area contributed by atoms with Gasteiger partial charge in [0.2, 0.25) is 0 Å². The van der Waals surface area contributed by atoms with Crippen LogP contribution in [0.15, 0.2) is 0 Å². The molecule has 0 aromatic rings. The van der Waals surface area contributed by atoms with Gasteiger partial charge in [-0.1, -0.05) is 33.5 Å². The van der Waals surface area contributed by atoms with Crippen molar-refractivity contribution in [3.8, 4) is 0 Å². The lowest BCUT2D eigenvalue weighted by molar-refractivity contribution is -0.149. The highest BCUT2D eigenvalue weighted by atomic mass is 32.3. The van der Waals surface area contributed by atoms with Gasteiger partial charge in [0.05, 0.1) is 5.92 Å². The Morgan fingerprint density at radius 3 is 2.06 bits per heavy atom. The van der Waals surface area contributed by atoms with Crippen LogP contribution in [0, 0.1) is 5.92 Å². The topological polar surface area (TPSA) is 83.8 Å². The fraction of sp³-hybridized carbons (Fsp3) is 0.909. The summed E-state index contributed by atoms with van der Waals surface area (Å²) in [6.45, 7) is 9.47. The molecule has 2 N–H and O–H groups in total. The van der Waals surface area contributed by atoms with Crippen molar-refractivity contribution >= 4 is 23.7 Å². The Labute approximate surface area is 110 Å². The zero-order chi connectivity index (χ0) is 14.8. The summed E-state index contributed by atoms with van der Waals surface area (Å²) in [6, 6.07) is 0.254. The van der Waals surface area contributed by atoms with Crippen molar-refractivity contribution in [3.05, 3.63) is 0 Å². The van der Waals surface area contributed by atoms with E-state index in [1.165, 1.54) is 0 Å². The molecule has 2 atom stereocenters. The highest BCUT2D eigenvalue weighted by Crippen LogP contribution is 2.29. The number of hydrogen-bond acceptors (Lipinski definition) is 3. The summed E-state index contributed by atoms with van der Waals surface area (Å²) >= 11 is 0. The Kier molecular flexibility index (Phi) is 5.33. The van der Waals surface area contributed by atoms with E-state index in [4.69, 9.17) is 4.74 Å². The summed E-state index contributed by atoms with van der Waals surface area (Å²) in [4.78, 5) is 11.7. The lowest BCUT2D eigenvalue weighted by Gasteiger charge is -2.37. The highest BCUT2D eigenvalue weighted by molar-refractivity contribution is 8.10. The first-order valence-electron chi connectivity index (χ1n) is 6.06. The Hall–Kier alpha value is -0.243. The fourth-order valence-electron chi connectivity index (χ4n) is 1.26. The van der Waals surface area contributed by atoms with Gasteiger partial charge in [0.1, 0.15) is 9.63 Å². The molecule has 0 saturated carbocycles. The second-order valence-corrected chi connectivity index (χ2v) is 14.9. The van der Waals surface area contributed by atoms with E-state index in [0.717, 1.165) is 6.26 Å². The summed E-state index contributed by atoms with van der Waals surface area (Å²) in [6.07, 6.45) is 1.43. The molecule has 0 amide bonds. The van der Waals surface area contributed by atoms with Crippen LogP contribution >= 0.6 is 0 Å². The van der Waals surface area contributed by atoms with Crippen molar-refractivity contribution in [2.24, 2.45) is 5.92 Å². The third-order valence-electron chi connectivity index (χ3n) is 2.65. The second-order valence-electron chi connectivity index (χ2n) is 6.25. The number of ether oxygens (including phenoxy) is 1. The van der Waals surface area contributed by atoms with Crippen LogP contribution in [0.25, 0.3) is 0 Å². The van der Waals surface area contributed by atoms with Crippen LogP contribution in [0.1, 0.15) is 20.3 Å². The van der Waals surface area contributed by atoms with Crippen molar-refractivity contribution in [1.29, 1.82) is 0 Å². The van der Waals surface area contributed by atoms with Gasteiger partial charge in [0.15, 0.2) is 5.44 Å². The molecule has 0 bridgehead atoms. The largest absolute Gasteiger partial charge is 0.446 e. The normalized spacial score (nSPS) is 18.6. The molecule has 0 aromatic carbocycles. The van der Waals surface area contributed by atoms with Crippen LogP contribution in [0.4, 0.5) is 0 Å². The molecule has 7 heteroatoms. The van der Waals surface area contributed by atoms with Crippen LogP contribution in [0.3, 0.4) is 0 Å². The summed E-state index contributed by atoms with van der Waals surface area (Å²) < 4.78 is 36.3. The third-order valence-corrected chi connectivity index (χ3v) is 6.01. The van der Waals surface area contributed by atoms with Crippen LogP contribution < -0.4 is 0 Å². The van der Waals surface area contributed by atoms with Gasteiger partial charge in [-0.2, -0.15) is 0 Å². The first kappa shape index (κ1) is 17.8. The molecule has 0 fully saturated rings. The molecule has 18 heavy (non-hydrogen) atoms. The Morgan fingerprint density at radius 1 is 1.33 bits per heavy atom. The second kappa shape index (κ2) is 5.40. The monoisotopic (exact) mass is 298 g/mol. The smallest absolute Gasteiger partial charge is 0.309 e. The van der Waals surface area contributed by atoms with E-state index in [-0.39, 0.29) is 12.0 Å². The molecule has 110 valence electrons. The van der Waals surface area contributed by atoms with Gasteiger partial charge in [-0.15, -0.1) is 0 Å².